The van der Waals surface area contributed by atoms with Crippen LogP contribution in [0, 0.1) is 16.0 Å². The zero-order valence-corrected chi connectivity index (χ0v) is 17.3. The highest BCUT2D eigenvalue weighted by Crippen LogP contribution is 2.41. The molecule has 0 aromatic heterocycles. The van der Waals surface area contributed by atoms with E-state index in [-0.39, 0.29) is 24.5 Å². The Kier molecular flexibility index (Phi) is 7.90. The molecule has 8 nitrogen and oxygen atoms in total. The third-order valence-electron chi connectivity index (χ3n) is 4.54. The largest absolute Gasteiger partial charge is 0.465 e. The first-order valence-corrected chi connectivity index (χ1v) is 9.75. The number of hydrogen-bond donors (Lipinski definition) is 0. The number of carbonyl (C=O) groups excluding carboxylic acids is 2. The Labute approximate surface area is 173 Å². The molecule has 1 heterocycles. The highest BCUT2D eigenvalue weighted by atomic mass is 35.5. The van der Waals surface area contributed by atoms with E-state index in [0.29, 0.717) is 29.3 Å². The Morgan fingerprint density at radius 1 is 1.28 bits per heavy atom. The lowest BCUT2D eigenvalue weighted by atomic mass is 9.75. The van der Waals surface area contributed by atoms with E-state index in [2.05, 4.69) is 4.99 Å². The number of rotatable bonds is 8. The predicted octanol–water partition coefficient (Wildman–Crippen LogP) is 3.78. The smallest absolute Gasteiger partial charge is 0.336 e. The van der Waals surface area contributed by atoms with Gasteiger partial charge in [-0.05, 0) is 32.8 Å². The van der Waals surface area contributed by atoms with E-state index < -0.39 is 28.7 Å². The summed E-state index contributed by atoms with van der Waals surface area (Å²) >= 11 is 5.64. The Morgan fingerprint density at radius 2 is 2.00 bits per heavy atom. The molecule has 0 bridgehead atoms. The van der Waals surface area contributed by atoms with Crippen LogP contribution in [-0.4, -0.2) is 41.7 Å². The number of nitrogens with zero attached hydrogens (tertiary/aromatic N) is 2. The zero-order chi connectivity index (χ0) is 21.6. The summed E-state index contributed by atoms with van der Waals surface area (Å²) in [6.07, 6.45) is 0.477. The van der Waals surface area contributed by atoms with E-state index in [4.69, 9.17) is 21.1 Å². The second-order valence-electron chi connectivity index (χ2n) is 6.49. The molecule has 29 heavy (non-hydrogen) atoms. The van der Waals surface area contributed by atoms with Crippen molar-refractivity contribution in [2.45, 2.75) is 33.1 Å². The maximum atomic E-state index is 12.8. The molecule has 156 valence electrons. The predicted molar refractivity (Wildman–Crippen MR) is 108 cm³/mol. The van der Waals surface area contributed by atoms with E-state index >= 15 is 0 Å². The molecular formula is C20H23ClN2O6. The van der Waals surface area contributed by atoms with Gasteiger partial charge in [-0.3, -0.25) is 19.9 Å². The molecular weight excluding hydrogens is 400 g/mol. The van der Waals surface area contributed by atoms with Crippen LogP contribution in [0.5, 0.6) is 0 Å². The summed E-state index contributed by atoms with van der Waals surface area (Å²) in [5.41, 5.74) is 1.35. The highest BCUT2D eigenvalue weighted by molar-refractivity contribution is 6.17. The van der Waals surface area contributed by atoms with Crippen LogP contribution in [0.4, 0.5) is 5.69 Å². The lowest BCUT2D eigenvalue weighted by molar-refractivity contribution is -0.384. The van der Waals surface area contributed by atoms with Gasteiger partial charge in [-0.2, -0.15) is 0 Å². The van der Waals surface area contributed by atoms with E-state index in [1.165, 1.54) is 18.2 Å². The van der Waals surface area contributed by atoms with Gasteiger partial charge in [0.15, 0.2) is 0 Å². The fourth-order valence-electron chi connectivity index (χ4n) is 3.33. The zero-order valence-electron chi connectivity index (χ0n) is 16.5. The van der Waals surface area contributed by atoms with Gasteiger partial charge in [0.05, 0.1) is 23.7 Å². The summed E-state index contributed by atoms with van der Waals surface area (Å²) < 4.78 is 10.5. The maximum Gasteiger partial charge on any atom is 0.336 e. The number of allylic oxidation sites excluding steroid dienone is 1. The molecule has 0 radical (unpaired) electrons. The average molecular weight is 423 g/mol. The van der Waals surface area contributed by atoms with E-state index in [1.807, 2.05) is 0 Å². The molecule has 1 aliphatic heterocycles. The molecule has 0 N–H and O–H groups in total. The van der Waals surface area contributed by atoms with Gasteiger partial charge >= 0.3 is 11.9 Å². The molecule has 9 heteroatoms. The van der Waals surface area contributed by atoms with Gasteiger partial charge in [0.1, 0.15) is 5.92 Å². The summed E-state index contributed by atoms with van der Waals surface area (Å²) in [7, 11) is 0. The van der Waals surface area contributed by atoms with Gasteiger partial charge in [-0.1, -0.05) is 12.1 Å². The fourth-order valence-corrected chi connectivity index (χ4v) is 3.44. The van der Waals surface area contributed by atoms with Gasteiger partial charge in [0.25, 0.3) is 5.69 Å². The monoisotopic (exact) mass is 422 g/mol. The van der Waals surface area contributed by atoms with Crippen molar-refractivity contribution in [3.8, 4) is 0 Å². The van der Waals surface area contributed by atoms with E-state index in [0.717, 1.165) is 0 Å². The molecule has 0 saturated carbocycles. The quantitative estimate of drug-likeness (QED) is 0.207. The minimum Gasteiger partial charge on any atom is -0.465 e. The number of hydrogen-bond acceptors (Lipinski definition) is 7. The number of alkyl halides is 1. The van der Waals surface area contributed by atoms with Crippen molar-refractivity contribution in [2.75, 3.05) is 19.1 Å². The summed E-state index contributed by atoms with van der Waals surface area (Å²) in [6.45, 7) is 5.27. The minimum atomic E-state index is -0.892. The molecule has 1 aromatic rings. The number of nitro benzene ring substituents is 1. The number of carbonyl (C=O) groups is 2. The minimum absolute atomic E-state index is 0.119. The molecule has 0 saturated heterocycles. The first-order valence-electron chi connectivity index (χ1n) is 9.21. The SMILES string of the molecule is CCOC(=O)C1C(C)=NC(C)=C(C(=O)OCCCCl)C1c1cccc([N+](=O)[O-])c1. The summed E-state index contributed by atoms with van der Waals surface area (Å²) in [5.74, 6) is -2.55. The second-order valence-corrected chi connectivity index (χ2v) is 6.87. The number of esters is 2. The standard InChI is InChI=1S/C20H23ClN2O6/c1-4-28-19(24)16-12(2)22-13(3)17(20(25)29-10-6-9-21)18(16)14-7-5-8-15(11-14)23(26)27/h5,7-8,11,16,18H,4,6,9-10H2,1-3H3. The number of non-ortho nitro benzene ring substituents is 1. The van der Waals surface area contributed by atoms with Crippen LogP contribution in [-0.2, 0) is 19.1 Å². The Hall–Kier alpha value is -2.74. The third kappa shape index (κ3) is 5.20. The summed E-state index contributed by atoms with van der Waals surface area (Å²) in [5, 5.41) is 11.2. The van der Waals surface area contributed by atoms with Crippen LogP contribution in [0.3, 0.4) is 0 Å². The first-order chi connectivity index (χ1) is 13.8. The Balaban J connectivity index is 2.58. The molecule has 2 atom stereocenters. The number of ether oxygens (including phenoxy) is 2. The van der Waals surface area contributed by atoms with Crippen LogP contribution in [0.2, 0.25) is 0 Å². The van der Waals surface area contributed by atoms with Crippen molar-refractivity contribution in [1.82, 2.24) is 0 Å². The van der Waals surface area contributed by atoms with Crippen molar-refractivity contribution < 1.29 is 24.0 Å². The first kappa shape index (κ1) is 22.5. The topological polar surface area (TPSA) is 108 Å². The number of aliphatic imine (C=N–C) groups is 1. The fraction of sp³-hybridized carbons (Fsp3) is 0.450. The van der Waals surface area contributed by atoms with Crippen LogP contribution >= 0.6 is 11.6 Å². The molecule has 0 fully saturated rings. The van der Waals surface area contributed by atoms with Crippen molar-refractivity contribution in [3.63, 3.8) is 0 Å². The molecule has 1 aliphatic rings. The van der Waals surface area contributed by atoms with Gasteiger partial charge in [-0.25, -0.2) is 4.79 Å². The molecule has 0 amide bonds. The van der Waals surface area contributed by atoms with Crippen molar-refractivity contribution in [3.05, 3.63) is 51.2 Å². The molecule has 2 unspecified atom stereocenters. The second kappa shape index (κ2) is 10.2. The van der Waals surface area contributed by atoms with Crippen molar-refractivity contribution in [1.29, 1.82) is 0 Å². The van der Waals surface area contributed by atoms with E-state index in [9.17, 15) is 19.7 Å². The molecule has 0 spiro atoms. The number of benzene rings is 1. The van der Waals surface area contributed by atoms with Gasteiger partial charge in [0.2, 0.25) is 0 Å². The lowest BCUT2D eigenvalue weighted by Crippen LogP contribution is -2.36. The van der Waals surface area contributed by atoms with Gasteiger partial charge in [0, 0.05) is 35.3 Å². The highest BCUT2D eigenvalue weighted by Gasteiger charge is 2.42. The van der Waals surface area contributed by atoms with Gasteiger partial charge < -0.3 is 9.47 Å². The van der Waals surface area contributed by atoms with Crippen LogP contribution < -0.4 is 0 Å². The molecule has 2 rings (SSSR count). The Bertz CT molecular complexity index is 864. The van der Waals surface area contributed by atoms with Crippen LogP contribution in [0.1, 0.15) is 38.7 Å². The molecule has 1 aromatic carbocycles. The van der Waals surface area contributed by atoms with Crippen molar-refractivity contribution >= 4 is 34.9 Å². The number of halogens is 1. The normalized spacial score (nSPS) is 18.8. The van der Waals surface area contributed by atoms with Crippen molar-refractivity contribution in [2.24, 2.45) is 10.9 Å². The number of nitro groups is 1. The van der Waals surface area contributed by atoms with Crippen LogP contribution in [0.25, 0.3) is 0 Å². The molecule has 0 aliphatic carbocycles. The van der Waals surface area contributed by atoms with Gasteiger partial charge in [-0.15, -0.1) is 11.6 Å². The lowest BCUT2D eigenvalue weighted by Gasteiger charge is -2.31. The van der Waals surface area contributed by atoms with E-state index in [1.54, 1.807) is 26.8 Å². The summed E-state index contributed by atoms with van der Waals surface area (Å²) in [4.78, 5) is 40.6. The maximum absolute atomic E-state index is 12.8. The van der Waals surface area contributed by atoms with Crippen LogP contribution in [0.15, 0.2) is 40.5 Å². The Morgan fingerprint density at radius 3 is 2.62 bits per heavy atom. The third-order valence-corrected chi connectivity index (χ3v) is 4.81. The average Bonchev–Trinajstić information content (AvgIpc) is 2.67. The summed E-state index contributed by atoms with van der Waals surface area (Å²) in [6, 6.07) is 5.86.